The summed E-state index contributed by atoms with van der Waals surface area (Å²) in [6, 6.07) is 6.72. The summed E-state index contributed by atoms with van der Waals surface area (Å²) in [6.45, 7) is 1.78. The Morgan fingerprint density at radius 1 is 1.09 bits per heavy atom. The molecule has 0 bridgehead atoms. The number of rotatable bonds is 2. The molecule has 0 saturated heterocycles. The van der Waals surface area contributed by atoms with Crippen molar-refractivity contribution in [3.05, 3.63) is 40.3 Å². The molecule has 22 heavy (non-hydrogen) atoms. The number of benzene rings is 1. The van der Waals surface area contributed by atoms with E-state index in [0.717, 1.165) is 11.8 Å². The highest BCUT2D eigenvalue weighted by atomic mass is 35.5. The van der Waals surface area contributed by atoms with E-state index in [1.807, 2.05) is 0 Å². The molecule has 0 aliphatic carbocycles. The quantitative estimate of drug-likeness (QED) is 0.521. The van der Waals surface area contributed by atoms with Gasteiger partial charge in [-0.05, 0) is 25.1 Å². The second kappa shape index (κ2) is 5.19. The molecule has 0 aliphatic rings. The Morgan fingerprint density at radius 2 is 1.82 bits per heavy atom. The van der Waals surface area contributed by atoms with Crippen molar-refractivity contribution in [2.75, 3.05) is 6.26 Å². The van der Waals surface area contributed by atoms with E-state index in [-0.39, 0.29) is 10.3 Å². The smallest absolute Gasteiger partial charge is 0.250 e. The maximum atomic E-state index is 11.7. The number of sulfone groups is 1. The van der Waals surface area contributed by atoms with E-state index in [9.17, 15) is 8.42 Å². The standard InChI is InChI=1S/C13H10Cl2N4O2S/c1-7-16-9-4-3-8(14)5-10(9)19(7)12-6-11(15)17-13(18-12)22(2,20)21/h3-6H,1-2H3. The number of halogens is 2. The summed E-state index contributed by atoms with van der Waals surface area (Å²) in [4.78, 5) is 12.2. The minimum absolute atomic E-state index is 0.0358. The predicted molar refractivity (Wildman–Crippen MR) is 84.5 cm³/mol. The Balaban J connectivity index is 2.35. The van der Waals surface area contributed by atoms with E-state index < -0.39 is 9.84 Å². The molecule has 0 unspecified atom stereocenters. The minimum Gasteiger partial charge on any atom is -0.280 e. The number of nitrogens with zero attached hydrogens (tertiary/aromatic N) is 4. The van der Waals surface area contributed by atoms with Crippen LogP contribution in [-0.4, -0.2) is 34.2 Å². The molecule has 0 spiro atoms. The Bertz CT molecular complexity index is 999. The summed E-state index contributed by atoms with van der Waals surface area (Å²) in [5.74, 6) is 0.953. The zero-order valence-electron chi connectivity index (χ0n) is 11.6. The molecule has 114 valence electrons. The normalized spacial score (nSPS) is 12.0. The summed E-state index contributed by atoms with van der Waals surface area (Å²) >= 11 is 12.0. The van der Waals surface area contributed by atoms with E-state index >= 15 is 0 Å². The van der Waals surface area contributed by atoms with Crippen LogP contribution in [0, 0.1) is 6.92 Å². The van der Waals surface area contributed by atoms with Crippen LogP contribution in [0.4, 0.5) is 0 Å². The van der Waals surface area contributed by atoms with Gasteiger partial charge in [-0.15, -0.1) is 0 Å². The van der Waals surface area contributed by atoms with Crippen LogP contribution in [0.1, 0.15) is 5.82 Å². The van der Waals surface area contributed by atoms with Gasteiger partial charge in [0.25, 0.3) is 0 Å². The lowest BCUT2D eigenvalue weighted by atomic mass is 10.3. The molecule has 2 heterocycles. The number of aromatic nitrogens is 4. The lowest BCUT2D eigenvalue weighted by Gasteiger charge is -2.08. The molecule has 0 fully saturated rings. The van der Waals surface area contributed by atoms with Crippen LogP contribution in [0.5, 0.6) is 0 Å². The van der Waals surface area contributed by atoms with E-state index in [2.05, 4.69) is 15.0 Å². The van der Waals surface area contributed by atoms with Gasteiger partial charge in [-0.1, -0.05) is 23.2 Å². The third-order valence-electron chi connectivity index (χ3n) is 3.01. The van der Waals surface area contributed by atoms with Crippen molar-refractivity contribution in [1.82, 2.24) is 19.5 Å². The lowest BCUT2D eigenvalue weighted by Crippen LogP contribution is -2.09. The molecule has 1 aromatic carbocycles. The molecule has 0 N–H and O–H groups in total. The summed E-state index contributed by atoms with van der Waals surface area (Å²) in [5, 5.41) is 0.240. The van der Waals surface area contributed by atoms with Gasteiger partial charge < -0.3 is 0 Å². The first-order valence-corrected chi connectivity index (χ1v) is 8.80. The zero-order chi connectivity index (χ0) is 16.1. The van der Waals surface area contributed by atoms with Gasteiger partial charge in [-0.25, -0.2) is 23.4 Å². The fraction of sp³-hybridized carbons (Fsp3) is 0.154. The molecule has 3 aromatic rings. The molecule has 0 atom stereocenters. The van der Waals surface area contributed by atoms with E-state index in [4.69, 9.17) is 23.2 Å². The van der Waals surface area contributed by atoms with Crippen molar-refractivity contribution in [2.45, 2.75) is 12.1 Å². The molecular formula is C13H10Cl2N4O2S. The van der Waals surface area contributed by atoms with E-state index in [1.165, 1.54) is 6.07 Å². The van der Waals surface area contributed by atoms with Gasteiger partial charge >= 0.3 is 0 Å². The first-order valence-electron chi connectivity index (χ1n) is 6.15. The van der Waals surface area contributed by atoms with Crippen LogP contribution in [0.3, 0.4) is 0 Å². The Labute approximate surface area is 136 Å². The molecule has 9 heteroatoms. The van der Waals surface area contributed by atoms with Gasteiger partial charge in [0.2, 0.25) is 15.0 Å². The van der Waals surface area contributed by atoms with Gasteiger partial charge in [0.15, 0.2) is 0 Å². The number of imidazole rings is 1. The third kappa shape index (κ3) is 2.67. The molecule has 6 nitrogen and oxygen atoms in total. The lowest BCUT2D eigenvalue weighted by molar-refractivity contribution is 0.592. The number of hydrogen-bond acceptors (Lipinski definition) is 5. The number of aryl methyl sites for hydroxylation is 1. The van der Waals surface area contributed by atoms with Crippen molar-refractivity contribution in [1.29, 1.82) is 0 Å². The molecule has 0 aliphatic heterocycles. The van der Waals surface area contributed by atoms with Crippen molar-refractivity contribution in [3.63, 3.8) is 0 Å². The first kappa shape index (κ1) is 15.2. The predicted octanol–water partition coefficient (Wildman–Crippen LogP) is 2.83. The van der Waals surface area contributed by atoms with Gasteiger partial charge in [0.1, 0.15) is 16.8 Å². The number of hydrogen-bond donors (Lipinski definition) is 0. The summed E-state index contributed by atoms with van der Waals surface area (Å²) in [7, 11) is -3.58. The molecule has 0 radical (unpaired) electrons. The minimum atomic E-state index is -3.58. The summed E-state index contributed by atoms with van der Waals surface area (Å²) in [5.41, 5.74) is 1.43. The molecular weight excluding hydrogens is 347 g/mol. The van der Waals surface area contributed by atoms with Crippen LogP contribution in [0.2, 0.25) is 10.2 Å². The molecule has 0 amide bonds. The first-order chi connectivity index (χ1) is 10.3. The molecule has 0 saturated carbocycles. The second-order valence-electron chi connectivity index (χ2n) is 4.73. The molecule has 3 rings (SSSR count). The average Bonchev–Trinajstić information content (AvgIpc) is 2.72. The fourth-order valence-electron chi connectivity index (χ4n) is 2.12. The Hall–Kier alpha value is -1.70. The van der Waals surface area contributed by atoms with Crippen LogP contribution < -0.4 is 0 Å². The topological polar surface area (TPSA) is 77.7 Å². The van der Waals surface area contributed by atoms with Crippen LogP contribution in [-0.2, 0) is 9.84 Å². The summed E-state index contributed by atoms with van der Waals surface area (Å²) < 4.78 is 25.0. The van der Waals surface area contributed by atoms with Crippen molar-refractivity contribution < 1.29 is 8.42 Å². The highest BCUT2D eigenvalue weighted by Crippen LogP contribution is 2.25. The van der Waals surface area contributed by atoms with Gasteiger partial charge in [-0.3, -0.25) is 4.57 Å². The number of fused-ring (bicyclic) bond motifs is 1. The van der Waals surface area contributed by atoms with Crippen molar-refractivity contribution >= 4 is 44.1 Å². The van der Waals surface area contributed by atoms with Crippen molar-refractivity contribution in [3.8, 4) is 5.82 Å². The van der Waals surface area contributed by atoms with E-state index in [1.54, 1.807) is 29.7 Å². The highest BCUT2D eigenvalue weighted by Gasteiger charge is 2.17. The van der Waals surface area contributed by atoms with Crippen LogP contribution >= 0.6 is 23.2 Å². The Morgan fingerprint density at radius 3 is 2.50 bits per heavy atom. The highest BCUT2D eigenvalue weighted by molar-refractivity contribution is 7.90. The maximum absolute atomic E-state index is 11.7. The van der Waals surface area contributed by atoms with Crippen molar-refractivity contribution in [2.24, 2.45) is 0 Å². The van der Waals surface area contributed by atoms with Crippen LogP contribution in [0.25, 0.3) is 16.9 Å². The third-order valence-corrected chi connectivity index (χ3v) is 4.28. The van der Waals surface area contributed by atoms with E-state index in [0.29, 0.717) is 22.2 Å². The van der Waals surface area contributed by atoms with Crippen LogP contribution in [0.15, 0.2) is 29.4 Å². The van der Waals surface area contributed by atoms with Gasteiger partial charge in [0, 0.05) is 17.3 Å². The van der Waals surface area contributed by atoms with Gasteiger partial charge in [0.05, 0.1) is 11.0 Å². The zero-order valence-corrected chi connectivity index (χ0v) is 13.9. The fourth-order valence-corrected chi connectivity index (χ4v) is 3.04. The SMILES string of the molecule is Cc1nc2ccc(Cl)cc2n1-c1cc(Cl)nc(S(C)(=O)=O)n1. The molecule has 2 aromatic heterocycles. The second-order valence-corrected chi connectivity index (χ2v) is 7.46. The Kier molecular flexibility index (Phi) is 3.58. The summed E-state index contributed by atoms with van der Waals surface area (Å²) in [6.07, 6.45) is 1.03. The monoisotopic (exact) mass is 356 g/mol. The average molecular weight is 357 g/mol. The maximum Gasteiger partial charge on any atom is 0.250 e. The van der Waals surface area contributed by atoms with Gasteiger partial charge in [-0.2, -0.15) is 0 Å². The largest absolute Gasteiger partial charge is 0.280 e.